The minimum Gasteiger partial charge on any atom is -0.373 e. The van der Waals surface area contributed by atoms with Crippen molar-refractivity contribution in [2.45, 2.75) is 12.8 Å². The number of rotatable bonds is 5. The highest BCUT2D eigenvalue weighted by Crippen LogP contribution is 2.24. The van der Waals surface area contributed by atoms with Crippen LogP contribution in [0.15, 0.2) is 36.7 Å². The van der Waals surface area contributed by atoms with Crippen LogP contribution in [0.1, 0.15) is 22.3 Å². The number of amides is 1. The summed E-state index contributed by atoms with van der Waals surface area (Å²) in [6.45, 7) is 0. The third-order valence-electron chi connectivity index (χ3n) is 3.04. The Morgan fingerprint density at radius 3 is 2.30 bits per heavy atom. The minimum absolute atomic E-state index is 0.165. The minimum atomic E-state index is -0.482. The number of benzene rings is 1. The van der Waals surface area contributed by atoms with Gasteiger partial charge in [0.15, 0.2) is 0 Å². The summed E-state index contributed by atoms with van der Waals surface area (Å²) in [4.78, 5) is 31.1. The van der Waals surface area contributed by atoms with Crippen molar-refractivity contribution in [1.82, 2.24) is 4.98 Å². The first-order valence-corrected chi connectivity index (χ1v) is 7.35. The van der Waals surface area contributed by atoms with E-state index in [1.807, 2.05) is 0 Å². The normalized spacial score (nSPS) is 10.2. The van der Waals surface area contributed by atoms with Gasteiger partial charge in [0.2, 0.25) is 0 Å². The number of carbonyl (C=O) groups is 2. The van der Waals surface area contributed by atoms with Gasteiger partial charge in [0.25, 0.3) is 5.91 Å². The van der Waals surface area contributed by atoms with Gasteiger partial charge in [0.1, 0.15) is 0 Å². The van der Waals surface area contributed by atoms with Crippen molar-refractivity contribution in [3.63, 3.8) is 0 Å². The van der Waals surface area contributed by atoms with Gasteiger partial charge >= 0.3 is 5.97 Å². The second kappa shape index (κ2) is 7.92. The number of nitrogens with zero attached hydrogens (tertiary/aromatic N) is 1. The smallest absolute Gasteiger partial charge is 0.324 e. The molecule has 0 radical (unpaired) electrons. The molecule has 3 N–H and O–H groups in total. The van der Waals surface area contributed by atoms with Crippen LogP contribution >= 0.6 is 23.2 Å². The number of carbonyl (C=O) groups excluding carboxylic acids is 2. The molecule has 2 aromatic rings. The van der Waals surface area contributed by atoms with E-state index < -0.39 is 11.9 Å². The first kappa shape index (κ1) is 17.2. The van der Waals surface area contributed by atoms with Crippen LogP contribution in [0.5, 0.6) is 0 Å². The number of halogens is 2. The van der Waals surface area contributed by atoms with Crippen molar-refractivity contribution in [3.05, 3.63) is 57.8 Å². The van der Waals surface area contributed by atoms with Gasteiger partial charge in [-0.05, 0) is 24.1 Å². The Labute approximate surface area is 142 Å². The highest BCUT2D eigenvalue weighted by Gasteiger charge is 2.15. The number of hydrogen-bond donors (Lipinski definition) is 2. The van der Waals surface area contributed by atoms with Crippen molar-refractivity contribution in [1.29, 1.82) is 0 Å². The second-order valence-corrected chi connectivity index (χ2v) is 5.43. The quantitative estimate of drug-likeness (QED) is 0.805. The Balaban J connectivity index is 2.03. The Hall–Kier alpha value is -2.15. The number of nitrogens with one attached hydrogen (secondary N) is 1. The number of pyridine rings is 1. The largest absolute Gasteiger partial charge is 0.373 e. The molecule has 0 aliphatic carbocycles. The van der Waals surface area contributed by atoms with Crippen LogP contribution in [0.2, 0.25) is 10.0 Å². The lowest BCUT2D eigenvalue weighted by Gasteiger charge is -2.08. The van der Waals surface area contributed by atoms with Gasteiger partial charge in [0, 0.05) is 18.1 Å². The lowest BCUT2D eigenvalue weighted by Crippen LogP contribution is -2.13. The van der Waals surface area contributed by atoms with E-state index in [0.29, 0.717) is 12.1 Å². The second-order valence-electron chi connectivity index (χ2n) is 4.62. The van der Waals surface area contributed by atoms with Crippen LogP contribution < -0.4 is 11.2 Å². The topological polar surface area (TPSA) is 94.3 Å². The molecule has 0 saturated carbocycles. The summed E-state index contributed by atoms with van der Waals surface area (Å²) in [5.41, 5.74) is 1.65. The lowest BCUT2D eigenvalue weighted by molar-refractivity contribution is -0.144. The average Bonchev–Trinajstić information content (AvgIpc) is 2.53. The van der Waals surface area contributed by atoms with E-state index in [9.17, 15) is 9.59 Å². The Morgan fingerprint density at radius 1 is 1.13 bits per heavy atom. The molecule has 120 valence electrons. The van der Waals surface area contributed by atoms with Crippen molar-refractivity contribution in [3.8, 4) is 0 Å². The van der Waals surface area contributed by atoms with Crippen molar-refractivity contribution < 1.29 is 14.4 Å². The maximum Gasteiger partial charge on any atom is 0.324 e. The van der Waals surface area contributed by atoms with Crippen molar-refractivity contribution in [2.24, 2.45) is 5.90 Å². The summed E-state index contributed by atoms with van der Waals surface area (Å²) < 4.78 is 0. The fourth-order valence-electron chi connectivity index (χ4n) is 1.88. The molecule has 0 unspecified atom stereocenters. The number of nitrogens with two attached hydrogens (primary N) is 1. The molecular weight excluding hydrogens is 341 g/mol. The van der Waals surface area contributed by atoms with Crippen LogP contribution in [0, 0.1) is 0 Å². The third kappa shape index (κ3) is 4.66. The summed E-state index contributed by atoms with van der Waals surface area (Å²) in [5.74, 6) is 3.86. The Morgan fingerprint density at radius 2 is 1.74 bits per heavy atom. The van der Waals surface area contributed by atoms with Crippen LogP contribution in [0.3, 0.4) is 0 Å². The number of hydrogen-bond acceptors (Lipinski definition) is 5. The van der Waals surface area contributed by atoms with Crippen LogP contribution in [0.25, 0.3) is 0 Å². The Bertz CT molecular complexity index is 700. The lowest BCUT2D eigenvalue weighted by atomic mass is 10.1. The van der Waals surface area contributed by atoms with Gasteiger partial charge in [-0.15, -0.1) is 0 Å². The zero-order valence-corrected chi connectivity index (χ0v) is 13.4. The molecule has 0 aliphatic rings. The molecule has 0 atom stereocenters. The molecule has 8 heteroatoms. The van der Waals surface area contributed by atoms with Gasteiger partial charge in [-0.2, -0.15) is 5.90 Å². The fourth-order valence-corrected chi connectivity index (χ4v) is 2.42. The van der Waals surface area contributed by atoms with E-state index >= 15 is 0 Å². The summed E-state index contributed by atoms with van der Waals surface area (Å²) in [7, 11) is 0. The standard InChI is InChI=1S/C15H13Cl2N3O3/c16-11-7-19-8-12(17)14(11)15(22)20-10-4-1-9(2-5-10)3-6-13(21)23-18/h1-2,4-5,7-8H,3,6,18H2,(H,20,22). The predicted octanol–water partition coefficient (Wildman–Crippen LogP) is 2.99. The SMILES string of the molecule is NOC(=O)CCc1ccc(NC(=O)c2c(Cl)cncc2Cl)cc1. The van der Waals surface area contributed by atoms with E-state index in [0.717, 1.165) is 5.56 Å². The molecule has 6 nitrogen and oxygen atoms in total. The van der Waals surface area contributed by atoms with Crippen LogP contribution in [0.4, 0.5) is 5.69 Å². The molecule has 0 fully saturated rings. The number of anilines is 1. The maximum atomic E-state index is 12.2. The highest BCUT2D eigenvalue weighted by atomic mass is 35.5. The predicted molar refractivity (Wildman–Crippen MR) is 87.3 cm³/mol. The molecule has 1 amide bonds. The molecule has 0 aliphatic heterocycles. The highest BCUT2D eigenvalue weighted by molar-refractivity contribution is 6.40. The van der Waals surface area contributed by atoms with E-state index in [1.165, 1.54) is 12.4 Å². The molecular formula is C15H13Cl2N3O3. The van der Waals surface area contributed by atoms with E-state index in [2.05, 4.69) is 15.1 Å². The van der Waals surface area contributed by atoms with E-state index in [-0.39, 0.29) is 22.0 Å². The molecule has 2 rings (SSSR count). The molecule has 1 aromatic heterocycles. The van der Waals surface area contributed by atoms with E-state index in [1.54, 1.807) is 24.3 Å². The Kier molecular flexibility index (Phi) is 5.92. The molecule has 23 heavy (non-hydrogen) atoms. The average molecular weight is 354 g/mol. The van der Waals surface area contributed by atoms with Crippen molar-refractivity contribution >= 4 is 40.8 Å². The molecule has 0 saturated heterocycles. The first-order valence-electron chi connectivity index (χ1n) is 6.60. The number of aryl methyl sites for hydroxylation is 1. The van der Waals surface area contributed by atoms with Gasteiger partial charge in [-0.3, -0.25) is 14.6 Å². The van der Waals surface area contributed by atoms with E-state index in [4.69, 9.17) is 29.1 Å². The zero-order chi connectivity index (χ0) is 16.8. The van der Waals surface area contributed by atoms with Crippen LogP contribution in [-0.4, -0.2) is 16.9 Å². The zero-order valence-electron chi connectivity index (χ0n) is 11.9. The summed E-state index contributed by atoms with van der Waals surface area (Å²) in [5, 5.41) is 3.04. The van der Waals surface area contributed by atoms with Crippen molar-refractivity contribution in [2.75, 3.05) is 5.32 Å². The molecule has 1 heterocycles. The van der Waals surface area contributed by atoms with Gasteiger partial charge < -0.3 is 10.2 Å². The first-order chi connectivity index (χ1) is 11.0. The van der Waals surface area contributed by atoms with Gasteiger partial charge in [-0.1, -0.05) is 35.3 Å². The van der Waals surface area contributed by atoms with Gasteiger partial charge in [-0.25, -0.2) is 0 Å². The summed E-state index contributed by atoms with van der Waals surface area (Å²) >= 11 is 11.9. The fraction of sp³-hybridized carbons (Fsp3) is 0.133. The van der Waals surface area contributed by atoms with Gasteiger partial charge in [0.05, 0.1) is 22.0 Å². The molecule has 0 bridgehead atoms. The summed E-state index contributed by atoms with van der Waals surface area (Å²) in [6.07, 6.45) is 3.38. The summed E-state index contributed by atoms with van der Waals surface area (Å²) in [6, 6.07) is 7.00. The third-order valence-corrected chi connectivity index (χ3v) is 3.61. The number of aromatic nitrogens is 1. The molecule has 0 spiro atoms. The molecule has 1 aromatic carbocycles. The monoisotopic (exact) mass is 353 g/mol. The van der Waals surface area contributed by atoms with Crippen LogP contribution in [-0.2, 0) is 16.1 Å². The maximum absolute atomic E-state index is 12.2.